The van der Waals surface area contributed by atoms with Crippen LogP contribution in [0.3, 0.4) is 0 Å². The lowest BCUT2D eigenvalue weighted by Crippen LogP contribution is -2.25. The second-order valence-electron chi connectivity index (χ2n) is 6.70. The number of hydrogen-bond donors (Lipinski definition) is 1. The van der Waals surface area contributed by atoms with Crippen molar-refractivity contribution in [1.82, 2.24) is 4.98 Å². The van der Waals surface area contributed by atoms with Crippen molar-refractivity contribution in [2.24, 2.45) is 0 Å². The van der Waals surface area contributed by atoms with Crippen molar-refractivity contribution in [3.05, 3.63) is 64.8 Å². The maximum Gasteiger partial charge on any atom is 0.316 e. The number of aromatic nitrogens is 1. The summed E-state index contributed by atoms with van der Waals surface area (Å²) in [5, 5.41) is 0.854. The van der Waals surface area contributed by atoms with Crippen molar-refractivity contribution >= 4 is 34.4 Å². The lowest BCUT2D eigenvalue weighted by atomic mass is 10.0. The van der Waals surface area contributed by atoms with Gasteiger partial charge in [-0.3, -0.25) is 9.59 Å². The van der Waals surface area contributed by atoms with E-state index in [0.29, 0.717) is 5.56 Å². The van der Waals surface area contributed by atoms with Crippen molar-refractivity contribution in [2.75, 3.05) is 5.75 Å². The Bertz CT molecular complexity index is 1010. The van der Waals surface area contributed by atoms with Gasteiger partial charge in [0.1, 0.15) is 0 Å². The predicted octanol–water partition coefficient (Wildman–Crippen LogP) is 5.00. The summed E-state index contributed by atoms with van der Waals surface area (Å²) in [5.74, 6) is -0.404. The fraction of sp³-hybridized carbons (Fsp3) is 0.273. The monoisotopic (exact) mass is 381 g/mol. The third-order valence-electron chi connectivity index (χ3n) is 4.65. The highest BCUT2D eigenvalue weighted by Gasteiger charge is 2.24. The Morgan fingerprint density at radius 3 is 2.56 bits per heavy atom. The zero-order chi connectivity index (χ0) is 19.6. The molecule has 0 saturated heterocycles. The highest BCUT2D eigenvalue weighted by Crippen LogP contribution is 2.25. The maximum absolute atomic E-state index is 12.8. The molecule has 0 saturated carbocycles. The number of ether oxygens (including phenoxy) is 1. The van der Waals surface area contributed by atoms with Crippen LogP contribution in [0.15, 0.2) is 47.4 Å². The number of fused-ring (bicyclic) bond motifs is 1. The summed E-state index contributed by atoms with van der Waals surface area (Å²) in [5.41, 5.74) is 4.69. The molecule has 3 aromatic rings. The number of carbonyl (C=O) groups excluding carboxylic acids is 2. The molecule has 0 aliphatic heterocycles. The van der Waals surface area contributed by atoms with Gasteiger partial charge in [0.2, 0.25) is 5.78 Å². The van der Waals surface area contributed by atoms with E-state index in [-0.39, 0.29) is 11.5 Å². The van der Waals surface area contributed by atoms with Gasteiger partial charge in [-0.2, -0.15) is 0 Å². The molecule has 0 spiro atoms. The molecule has 0 unspecified atom stereocenters. The molecule has 4 nitrogen and oxygen atoms in total. The highest BCUT2D eigenvalue weighted by molar-refractivity contribution is 8.00. The van der Waals surface area contributed by atoms with Crippen molar-refractivity contribution in [2.45, 2.75) is 38.7 Å². The summed E-state index contributed by atoms with van der Waals surface area (Å²) in [6, 6.07) is 13.7. The van der Waals surface area contributed by atoms with Crippen LogP contribution in [0.5, 0.6) is 0 Å². The number of ketones is 1. The fourth-order valence-electron chi connectivity index (χ4n) is 3.03. The molecule has 0 aliphatic rings. The van der Waals surface area contributed by atoms with Gasteiger partial charge < -0.3 is 9.72 Å². The number of aromatic amines is 1. The molecule has 1 N–H and O–H groups in total. The number of hydrogen-bond acceptors (Lipinski definition) is 4. The third kappa shape index (κ3) is 4.25. The van der Waals surface area contributed by atoms with Gasteiger partial charge in [0.05, 0.1) is 5.75 Å². The first-order valence-corrected chi connectivity index (χ1v) is 9.86. The zero-order valence-electron chi connectivity index (χ0n) is 16.0. The number of nitrogens with one attached hydrogen (secondary N) is 1. The van der Waals surface area contributed by atoms with E-state index in [1.807, 2.05) is 50.2 Å². The number of aryl methyl sites for hydroxylation is 3. The van der Waals surface area contributed by atoms with Gasteiger partial charge in [-0.05, 0) is 57.0 Å². The fourth-order valence-corrected chi connectivity index (χ4v) is 3.81. The van der Waals surface area contributed by atoms with Crippen LogP contribution in [-0.2, 0) is 9.53 Å². The molecule has 140 valence electrons. The normalized spacial score (nSPS) is 12.1. The number of esters is 1. The SMILES string of the molecule is Cc1ccc(SCC(=O)O[C@H](C)C(=O)c2c(C)[nH]c3ccccc23)cc1C. The van der Waals surface area contributed by atoms with Crippen LogP contribution in [0.1, 0.15) is 34.1 Å². The number of benzene rings is 2. The molecule has 0 aliphatic carbocycles. The smallest absolute Gasteiger partial charge is 0.316 e. The van der Waals surface area contributed by atoms with E-state index in [9.17, 15) is 9.59 Å². The molecule has 2 aromatic carbocycles. The molecule has 0 radical (unpaired) electrons. The molecule has 1 heterocycles. The Morgan fingerprint density at radius 2 is 1.81 bits per heavy atom. The number of carbonyl (C=O) groups is 2. The Kier molecular flexibility index (Phi) is 5.71. The summed E-state index contributed by atoms with van der Waals surface area (Å²) in [6.45, 7) is 7.58. The minimum Gasteiger partial charge on any atom is -0.454 e. The van der Waals surface area contributed by atoms with Crippen LogP contribution in [0.4, 0.5) is 0 Å². The summed E-state index contributed by atoms with van der Waals surface area (Å²) in [6.07, 6.45) is -0.823. The molecule has 0 amide bonds. The van der Waals surface area contributed by atoms with Gasteiger partial charge in [-0.1, -0.05) is 24.3 Å². The van der Waals surface area contributed by atoms with Gasteiger partial charge in [-0.25, -0.2) is 0 Å². The van der Waals surface area contributed by atoms with E-state index in [1.54, 1.807) is 6.92 Å². The van der Waals surface area contributed by atoms with Crippen molar-refractivity contribution in [3.63, 3.8) is 0 Å². The van der Waals surface area contributed by atoms with Gasteiger partial charge in [-0.15, -0.1) is 11.8 Å². The Morgan fingerprint density at radius 1 is 1.07 bits per heavy atom. The van der Waals surface area contributed by atoms with E-state index in [0.717, 1.165) is 21.5 Å². The second kappa shape index (κ2) is 8.01. The number of rotatable bonds is 6. The highest BCUT2D eigenvalue weighted by atomic mass is 32.2. The molecule has 27 heavy (non-hydrogen) atoms. The summed E-state index contributed by atoms with van der Waals surface area (Å²) in [4.78, 5) is 29.2. The van der Waals surface area contributed by atoms with Crippen LogP contribution in [0.2, 0.25) is 0 Å². The maximum atomic E-state index is 12.8. The third-order valence-corrected chi connectivity index (χ3v) is 5.62. The Balaban J connectivity index is 1.64. The van der Waals surface area contributed by atoms with E-state index in [1.165, 1.54) is 22.9 Å². The van der Waals surface area contributed by atoms with Gasteiger partial charge in [0.25, 0.3) is 0 Å². The first kappa shape index (κ1) is 19.2. The lowest BCUT2D eigenvalue weighted by molar-refractivity contribution is -0.143. The first-order chi connectivity index (χ1) is 12.9. The molecule has 1 aromatic heterocycles. The topological polar surface area (TPSA) is 59.2 Å². The van der Waals surface area contributed by atoms with Gasteiger partial charge >= 0.3 is 5.97 Å². The Labute approximate surface area is 163 Å². The van der Waals surface area contributed by atoms with Crippen LogP contribution < -0.4 is 0 Å². The number of para-hydroxylation sites is 1. The van der Waals surface area contributed by atoms with E-state index in [4.69, 9.17) is 4.74 Å². The van der Waals surface area contributed by atoms with Crippen molar-refractivity contribution in [3.8, 4) is 0 Å². The minimum atomic E-state index is -0.823. The second-order valence-corrected chi connectivity index (χ2v) is 7.75. The van der Waals surface area contributed by atoms with E-state index < -0.39 is 12.1 Å². The summed E-state index contributed by atoms with van der Waals surface area (Å²) in [7, 11) is 0. The van der Waals surface area contributed by atoms with Crippen LogP contribution in [0.25, 0.3) is 10.9 Å². The van der Waals surface area contributed by atoms with Crippen molar-refractivity contribution < 1.29 is 14.3 Å². The van der Waals surface area contributed by atoms with E-state index in [2.05, 4.69) is 18.0 Å². The first-order valence-electron chi connectivity index (χ1n) is 8.88. The molecule has 0 fully saturated rings. The number of Topliss-reactive ketones (excluding diaryl/α,β-unsaturated/α-hetero) is 1. The Hall–Kier alpha value is -2.53. The zero-order valence-corrected chi connectivity index (χ0v) is 16.8. The molecule has 3 rings (SSSR count). The largest absolute Gasteiger partial charge is 0.454 e. The average molecular weight is 381 g/mol. The lowest BCUT2D eigenvalue weighted by Gasteiger charge is -2.13. The minimum absolute atomic E-state index is 0.174. The molecule has 5 heteroatoms. The summed E-state index contributed by atoms with van der Waals surface area (Å²) < 4.78 is 5.39. The number of thioether (sulfide) groups is 1. The molecule has 1 atom stereocenters. The van der Waals surface area contributed by atoms with Crippen molar-refractivity contribution in [1.29, 1.82) is 0 Å². The average Bonchev–Trinajstić information content (AvgIpc) is 2.97. The summed E-state index contributed by atoms with van der Waals surface area (Å²) >= 11 is 1.42. The van der Waals surface area contributed by atoms with Gasteiger partial charge in [0, 0.05) is 27.1 Å². The number of H-pyrrole nitrogens is 1. The standard InChI is InChI=1S/C22H23NO3S/c1-13-9-10-17(11-14(13)2)27-12-20(24)26-16(4)22(25)21-15(3)23-19-8-6-5-7-18(19)21/h5-11,16,23H,12H2,1-4H3/t16-/m1/s1. The predicted molar refractivity (Wildman–Crippen MR) is 110 cm³/mol. The molecular formula is C22H23NO3S. The molecular weight excluding hydrogens is 358 g/mol. The van der Waals surface area contributed by atoms with Crippen LogP contribution in [-0.4, -0.2) is 28.6 Å². The van der Waals surface area contributed by atoms with Gasteiger partial charge in [0.15, 0.2) is 6.10 Å². The van der Waals surface area contributed by atoms with E-state index >= 15 is 0 Å². The quantitative estimate of drug-likeness (QED) is 0.371. The van der Waals surface area contributed by atoms with Crippen LogP contribution in [0, 0.1) is 20.8 Å². The molecule has 0 bridgehead atoms. The van der Waals surface area contributed by atoms with Crippen LogP contribution >= 0.6 is 11.8 Å².